The number of aromatic nitrogens is 2. The Labute approximate surface area is 117 Å². The molecule has 1 amide bonds. The van der Waals surface area contributed by atoms with Gasteiger partial charge >= 0.3 is 0 Å². The number of nitrogens with one attached hydrogen (secondary N) is 1. The largest absolute Gasteiger partial charge is 0.315 e. The topological polar surface area (TPSA) is 58.1 Å². The van der Waals surface area contributed by atoms with Gasteiger partial charge in [-0.1, -0.05) is 6.07 Å². The van der Waals surface area contributed by atoms with Crippen LogP contribution in [0, 0.1) is 0 Å². The average Bonchev–Trinajstić information content (AvgIpc) is 2.75. The molecule has 1 N–H and O–H groups in total. The zero-order valence-corrected chi connectivity index (χ0v) is 11.6. The summed E-state index contributed by atoms with van der Waals surface area (Å²) < 4.78 is 0. The van der Waals surface area contributed by atoms with Crippen molar-refractivity contribution in [2.45, 2.75) is 13.0 Å². The lowest BCUT2D eigenvalue weighted by molar-refractivity contribution is -0.117. The van der Waals surface area contributed by atoms with Gasteiger partial charge in [0.25, 0.3) is 0 Å². The van der Waals surface area contributed by atoms with Crippen molar-refractivity contribution >= 4 is 11.6 Å². The van der Waals surface area contributed by atoms with Gasteiger partial charge in [0.15, 0.2) is 0 Å². The Morgan fingerprint density at radius 1 is 1.25 bits per heavy atom. The molecule has 0 atom stereocenters. The van der Waals surface area contributed by atoms with E-state index in [2.05, 4.69) is 15.5 Å². The van der Waals surface area contributed by atoms with Gasteiger partial charge in [-0.25, -0.2) is 0 Å². The number of rotatable bonds is 3. The predicted octanol–water partition coefficient (Wildman–Crippen LogP) is 1.38. The Morgan fingerprint density at radius 2 is 2.10 bits per heavy atom. The number of carbonyl (C=O) groups excluding carboxylic acids is 1. The third kappa shape index (κ3) is 2.16. The lowest BCUT2D eigenvalue weighted by Crippen LogP contribution is -2.20. The number of hydrogen-bond acceptors (Lipinski definition) is 4. The maximum Gasteiger partial charge on any atom is 0.231 e. The monoisotopic (exact) mass is 268 g/mol. The summed E-state index contributed by atoms with van der Waals surface area (Å²) in [5, 5.41) is 11.5. The lowest BCUT2D eigenvalue weighted by Gasteiger charge is -2.10. The molecule has 0 fully saturated rings. The molecule has 1 aromatic heterocycles. The van der Waals surface area contributed by atoms with Crippen LogP contribution in [0.4, 0.5) is 5.69 Å². The number of anilines is 1. The molecular weight excluding hydrogens is 252 g/mol. The van der Waals surface area contributed by atoms with Gasteiger partial charge in [0, 0.05) is 24.8 Å². The highest BCUT2D eigenvalue weighted by Crippen LogP contribution is 2.31. The molecule has 0 saturated heterocycles. The maximum atomic E-state index is 11.7. The minimum Gasteiger partial charge on any atom is -0.315 e. The van der Waals surface area contributed by atoms with Crippen molar-refractivity contribution in [2.24, 2.45) is 0 Å². The van der Waals surface area contributed by atoms with Crippen molar-refractivity contribution in [3.63, 3.8) is 0 Å². The van der Waals surface area contributed by atoms with Crippen molar-refractivity contribution < 1.29 is 4.79 Å². The second-order valence-corrected chi connectivity index (χ2v) is 4.91. The van der Waals surface area contributed by atoms with E-state index < -0.39 is 0 Å². The lowest BCUT2D eigenvalue weighted by atomic mass is 10.1. The smallest absolute Gasteiger partial charge is 0.231 e. The molecule has 0 radical (unpaired) electrons. The van der Waals surface area contributed by atoms with Gasteiger partial charge in [0.2, 0.25) is 5.91 Å². The van der Waals surface area contributed by atoms with Gasteiger partial charge in [-0.15, -0.1) is 0 Å². The Morgan fingerprint density at radius 3 is 2.80 bits per heavy atom. The van der Waals surface area contributed by atoms with Crippen LogP contribution < -0.4 is 10.2 Å². The van der Waals surface area contributed by atoms with Crippen molar-refractivity contribution in [3.8, 4) is 11.3 Å². The normalized spacial score (nSPS) is 13.7. The molecule has 1 aliphatic rings. The summed E-state index contributed by atoms with van der Waals surface area (Å²) in [6.07, 6.45) is 0.463. The van der Waals surface area contributed by atoms with Gasteiger partial charge in [-0.2, -0.15) is 10.2 Å². The van der Waals surface area contributed by atoms with Crippen LogP contribution in [-0.4, -0.2) is 30.2 Å². The first kappa shape index (κ1) is 12.7. The molecule has 0 unspecified atom stereocenters. The molecule has 2 aromatic rings. The molecule has 5 nitrogen and oxygen atoms in total. The zero-order valence-electron chi connectivity index (χ0n) is 11.6. The fraction of sp³-hybridized carbons (Fsp3) is 0.267. The summed E-state index contributed by atoms with van der Waals surface area (Å²) in [6, 6.07) is 9.90. The Bertz CT molecular complexity index is 651. The van der Waals surface area contributed by atoms with Crippen LogP contribution in [0.15, 0.2) is 30.3 Å². The van der Waals surface area contributed by atoms with E-state index in [-0.39, 0.29) is 5.91 Å². The zero-order chi connectivity index (χ0) is 14.1. The third-order valence-electron chi connectivity index (χ3n) is 3.53. The van der Waals surface area contributed by atoms with E-state index >= 15 is 0 Å². The number of amides is 1. The van der Waals surface area contributed by atoms with Crippen molar-refractivity contribution in [2.75, 3.05) is 19.0 Å². The molecular formula is C15H16N4O. The predicted molar refractivity (Wildman–Crippen MR) is 77.3 cm³/mol. The van der Waals surface area contributed by atoms with Crippen molar-refractivity contribution in [1.82, 2.24) is 15.5 Å². The van der Waals surface area contributed by atoms with Crippen LogP contribution in [0.25, 0.3) is 11.3 Å². The molecule has 0 bridgehead atoms. The Balaban J connectivity index is 1.92. The van der Waals surface area contributed by atoms with E-state index in [9.17, 15) is 4.79 Å². The molecule has 3 rings (SSSR count). The minimum absolute atomic E-state index is 0.132. The van der Waals surface area contributed by atoms with Gasteiger partial charge in [0.05, 0.1) is 17.8 Å². The molecule has 102 valence electrons. The minimum atomic E-state index is 0.132. The summed E-state index contributed by atoms with van der Waals surface area (Å²) in [5.74, 6) is 0.132. The van der Waals surface area contributed by atoms with Crippen LogP contribution in [0.5, 0.6) is 0 Å². The highest BCUT2D eigenvalue weighted by molar-refractivity contribution is 6.01. The first-order chi connectivity index (χ1) is 9.69. The molecule has 1 aliphatic heterocycles. The standard InChI is InChI=1S/C15H16N4O/c1-16-9-12-4-5-13(18-17-12)10-3-6-14-11(7-10)8-15(20)19(14)2/h3-7,16H,8-9H2,1-2H3. The number of nitrogens with zero attached hydrogens (tertiary/aromatic N) is 3. The van der Waals surface area contributed by atoms with Gasteiger partial charge in [-0.05, 0) is 36.9 Å². The molecule has 2 heterocycles. The summed E-state index contributed by atoms with van der Waals surface area (Å²) in [5.41, 5.74) is 4.77. The summed E-state index contributed by atoms with van der Waals surface area (Å²) in [6.45, 7) is 0.705. The van der Waals surface area contributed by atoms with E-state index in [1.165, 1.54) is 0 Å². The van der Waals surface area contributed by atoms with Crippen molar-refractivity contribution in [1.29, 1.82) is 0 Å². The second-order valence-electron chi connectivity index (χ2n) is 4.91. The number of benzene rings is 1. The summed E-state index contributed by atoms with van der Waals surface area (Å²) >= 11 is 0. The van der Waals surface area contributed by atoms with Crippen LogP contribution in [0.1, 0.15) is 11.3 Å². The third-order valence-corrected chi connectivity index (χ3v) is 3.53. The number of hydrogen-bond donors (Lipinski definition) is 1. The van der Waals surface area contributed by atoms with Gasteiger partial charge < -0.3 is 10.2 Å². The molecule has 0 saturated carbocycles. The van der Waals surface area contributed by atoms with E-state index in [0.29, 0.717) is 13.0 Å². The molecule has 20 heavy (non-hydrogen) atoms. The van der Waals surface area contributed by atoms with Crippen LogP contribution in [0.2, 0.25) is 0 Å². The van der Waals surface area contributed by atoms with E-state index in [1.54, 1.807) is 11.9 Å². The van der Waals surface area contributed by atoms with E-state index in [0.717, 1.165) is 28.2 Å². The van der Waals surface area contributed by atoms with Crippen LogP contribution in [-0.2, 0) is 17.8 Å². The van der Waals surface area contributed by atoms with Crippen LogP contribution >= 0.6 is 0 Å². The average molecular weight is 268 g/mol. The number of carbonyl (C=O) groups is 1. The van der Waals surface area contributed by atoms with E-state index in [4.69, 9.17) is 0 Å². The fourth-order valence-corrected chi connectivity index (χ4v) is 2.42. The summed E-state index contributed by atoms with van der Waals surface area (Å²) in [4.78, 5) is 13.4. The molecule has 0 spiro atoms. The first-order valence-corrected chi connectivity index (χ1v) is 6.56. The maximum absolute atomic E-state index is 11.7. The summed E-state index contributed by atoms with van der Waals surface area (Å²) in [7, 11) is 3.68. The quantitative estimate of drug-likeness (QED) is 0.913. The second kappa shape index (κ2) is 5.02. The van der Waals surface area contributed by atoms with Gasteiger partial charge in [0.1, 0.15) is 0 Å². The molecule has 5 heteroatoms. The molecule has 0 aliphatic carbocycles. The highest BCUT2D eigenvalue weighted by atomic mass is 16.2. The Hall–Kier alpha value is -2.27. The van der Waals surface area contributed by atoms with Gasteiger partial charge in [-0.3, -0.25) is 4.79 Å². The number of likely N-dealkylation sites (N-methyl/N-ethyl adjacent to an activating group) is 1. The molecule has 1 aromatic carbocycles. The van der Waals surface area contributed by atoms with Crippen molar-refractivity contribution in [3.05, 3.63) is 41.6 Å². The van der Waals surface area contributed by atoms with E-state index in [1.807, 2.05) is 37.4 Å². The van der Waals surface area contributed by atoms with Crippen LogP contribution in [0.3, 0.4) is 0 Å². The Kier molecular flexibility index (Phi) is 3.20. The fourth-order valence-electron chi connectivity index (χ4n) is 2.42. The highest BCUT2D eigenvalue weighted by Gasteiger charge is 2.24. The first-order valence-electron chi connectivity index (χ1n) is 6.56. The number of fused-ring (bicyclic) bond motifs is 1. The SMILES string of the molecule is CNCc1ccc(-c2ccc3c(c2)CC(=O)N3C)nn1.